The van der Waals surface area contributed by atoms with Crippen LogP contribution in [0.1, 0.15) is 27.2 Å². The number of halogens is 2. The Morgan fingerprint density at radius 3 is 2.44 bits per heavy atom. The van der Waals surface area contributed by atoms with E-state index < -0.39 is 23.0 Å². The summed E-state index contributed by atoms with van der Waals surface area (Å²) < 4.78 is 40.8. The molecular formula is C30H23F2N3O4. The van der Waals surface area contributed by atoms with Crippen LogP contribution in [-0.2, 0) is 6.42 Å². The van der Waals surface area contributed by atoms with Gasteiger partial charge < -0.3 is 9.47 Å². The van der Waals surface area contributed by atoms with Crippen molar-refractivity contribution in [3.63, 3.8) is 0 Å². The highest BCUT2D eigenvalue weighted by atomic mass is 19.1. The first kappa shape index (κ1) is 25.7. The SMILES string of the molecule is COc1cnc2c(Oc3ccc(CC(=O)c4c(C)cc(C)n(-c5ccc(F)cc5)c4=O)cc3F)ccnc2c1. The fourth-order valence-corrected chi connectivity index (χ4v) is 4.45. The number of ketones is 1. The fraction of sp³-hybridized carbons (Fsp3) is 0.133. The maximum Gasteiger partial charge on any atom is 0.266 e. The van der Waals surface area contributed by atoms with E-state index in [1.54, 1.807) is 38.1 Å². The van der Waals surface area contributed by atoms with Crippen LogP contribution in [0.4, 0.5) is 8.78 Å². The molecule has 0 unspecified atom stereocenters. The van der Waals surface area contributed by atoms with Crippen LogP contribution in [0.3, 0.4) is 0 Å². The van der Waals surface area contributed by atoms with Crippen LogP contribution in [0, 0.1) is 25.5 Å². The van der Waals surface area contributed by atoms with Gasteiger partial charge in [-0.3, -0.25) is 19.1 Å². The summed E-state index contributed by atoms with van der Waals surface area (Å²) in [4.78, 5) is 35.1. The van der Waals surface area contributed by atoms with E-state index in [0.29, 0.717) is 45.0 Å². The van der Waals surface area contributed by atoms with Crippen molar-refractivity contribution in [1.29, 1.82) is 0 Å². The van der Waals surface area contributed by atoms with Crippen molar-refractivity contribution in [3.8, 4) is 22.9 Å². The van der Waals surface area contributed by atoms with Crippen molar-refractivity contribution in [2.45, 2.75) is 20.3 Å². The number of carbonyl (C=O) groups is 1. The number of hydrogen-bond acceptors (Lipinski definition) is 6. The van der Waals surface area contributed by atoms with Crippen molar-refractivity contribution in [3.05, 3.63) is 117 Å². The van der Waals surface area contributed by atoms with Gasteiger partial charge in [-0.25, -0.2) is 13.8 Å². The Balaban J connectivity index is 1.41. The van der Waals surface area contributed by atoms with Gasteiger partial charge in [-0.1, -0.05) is 6.07 Å². The quantitative estimate of drug-likeness (QED) is 0.245. The monoisotopic (exact) mass is 527 g/mol. The number of aryl methyl sites for hydroxylation is 2. The van der Waals surface area contributed by atoms with Crippen LogP contribution in [0.2, 0.25) is 0 Å². The Kier molecular flexibility index (Phi) is 6.89. The van der Waals surface area contributed by atoms with E-state index >= 15 is 4.39 Å². The van der Waals surface area contributed by atoms with E-state index in [9.17, 15) is 14.0 Å². The van der Waals surface area contributed by atoms with E-state index in [4.69, 9.17) is 9.47 Å². The van der Waals surface area contributed by atoms with Gasteiger partial charge in [0.25, 0.3) is 5.56 Å². The van der Waals surface area contributed by atoms with Gasteiger partial charge in [0.05, 0.1) is 24.4 Å². The highest BCUT2D eigenvalue weighted by molar-refractivity contribution is 5.98. The molecule has 0 aliphatic heterocycles. The molecule has 0 bridgehead atoms. The number of ether oxygens (including phenoxy) is 2. The maximum atomic E-state index is 15.0. The highest BCUT2D eigenvalue weighted by Gasteiger charge is 2.20. The van der Waals surface area contributed by atoms with Crippen molar-refractivity contribution < 1.29 is 23.0 Å². The molecule has 2 aromatic carbocycles. The number of benzene rings is 2. The molecule has 5 rings (SSSR count). The van der Waals surface area contributed by atoms with E-state index in [1.165, 1.54) is 60.5 Å². The van der Waals surface area contributed by atoms with Crippen molar-refractivity contribution in [2.75, 3.05) is 7.11 Å². The molecule has 9 heteroatoms. The molecule has 0 N–H and O–H groups in total. The Hall–Kier alpha value is -4.92. The summed E-state index contributed by atoms with van der Waals surface area (Å²) in [6.07, 6.45) is 2.84. The predicted molar refractivity (Wildman–Crippen MR) is 142 cm³/mol. The van der Waals surface area contributed by atoms with E-state index in [0.717, 1.165) is 0 Å². The lowest BCUT2D eigenvalue weighted by Gasteiger charge is -2.14. The van der Waals surface area contributed by atoms with Crippen LogP contribution in [-0.4, -0.2) is 27.4 Å². The topological polar surface area (TPSA) is 83.3 Å². The summed E-state index contributed by atoms with van der Waals surface area (Å²) in [7, 11) is 1.52. The van der Waals surface area contributed by atoms with E-state index in [-0.39, 0.29) is 17.7 Å². The fourth-order valence-electron chi connectivity index (χ4n) is 4.45. The van der Waals surface area contributed by atoms with Crippen LogP contribution >= 0.6 is 0 Å². The lowest BCUT2D eigenvalue weighted by molar-refractivity contribution is 0.0990. The van der Waals surface area contributed by atoms with Gasteiger partial charge in [0.2, 0.25) is 0 Å². The second kappa shape index (κ2) is 10.4. The number of carbonyl (C=O) groups excluding carboxylic acids is 1. The molecule has 0 radical (unpaired) electrons. The van der Waals surface area contributed by atoms with Crippen molar-refractivity contribution in [2.24, 2.45) is 0 Å². The molecule has 0 atom stereocenters. The zero-order valence-corrected chi connectivity index (χ0v) is 21.4. The van der Waals surface area contributed by atoms with Crippen molar-refractivity contribution in [1.82, 2.24) is 14.5 Å². The van der Waals surface area contributed by atoms with Gasteiger partial charge in [-0.2, -0.15) is 0 Å². The third kappa shape index (κ3) is 5.11. The molecular weight excluding hydrogens is 504 g/mol. The minimum absolute atomic E-state index is 0.00424. The lowest BCUT2D eigenvalue weighted by Crippen LogP contribution is -2.29. The first-order valence-corrected chi connectivity index (χ1v) is 12.0. The Morgan fingerprint density at radius 1 is 0.949 bits per heavy atom. The Morgan fingerprint density at radius 2 is 1.72 bits per heavy atom. The molecule has 3 aromatic heterocycles. The number of methoxy groups -OCH3 is 1. The number of aromatic nitrogens is 3. The second-order valence-corrected chi connectivity index (χ2v) is 8.98. The van der Waals surface area contributed by atoms with Gasteiger partial charge in [0.15, 0.2) is 23.1 Å². The minimum Gasteiger partial charge on any atom is -0.495 e. The average Bonchev–Trinajstić information content (AvgIpc) is 2.90. The highest BCUT2D eigenvalue weighted by Crippen LogP contribution is 2.31. The number of pyridine rings is 3. The van der Waals surface area contributed by atoms with Gasteiger partial charge in [-0.05, 0) is 67.4 Å². The smallest absolute Gasteiger partial charge is 0.266 e. The van der Waals surface area contributed by atoms with Gasteiger partial charge in [0, 0.05) is 36.1 Å². The zero-order valence-electron chi connectivity index (χ0n) is 21.4. The maximum absolute atomic E-state index is 15.0. The summed E-state index contributed by atoms with van der Waals surface area (Å²) >= 11 is 0. The van der Waals surface area contributed by atoms with Crippen molar-refractivity contribution >= 4 is 16.8 Å². The molecule has 0 saturated carbocycles. The number of Topliss-reactive ketones (excluding diaryl/α,β-unsaturated/α-hetero) is 1. The van der Waals surface area contributed by atoms with Gasteiger partial charge >= 0.3 is 0 Å². The lowest BCUT2D eigenvalue weighted by atomic mass is 9.99. The molecule has 0 saturated heterocycles. The summed E-state index contributed by atoms with van der Waals surface area (Å²) in [6.45, 7) is 3.41. The first-order valence-electron chi connectivity index (χ1n) is 12.0. The minimum atomic E-state index is -0.678. The van der Waals surface area contributed by atoms with Crippen LogP contribution in [0.15, 0.2) is 77.9 Å². The van der Waals surface area contributed by atoms with Gasteiger partial charge in [0.1, 0.15) is 17.1 Å². The van der Waals surface area contributed by atoms with E-state index in [2.05, 4.69) is 9.97 Å². The number of fused-ring (bicyclic) bond motifs is 1. The summed E-state index contributed by atoms with van der Waals surface area (Å²) in [5, 5.41) is 0. The molecule has 7 nitrogen and oxygen atoms in total. The average molecular weight is 528 g/mol. The number of rotatable bonds is 7. The Labute approximate surface area is 222 Å². The summed E-state index contributed by atoms with van der Waals surface area (Å²) in [5.74, 6) is -0.789. The zero-order chi connectivity index (χ0) is 27.7. The van der Waals surface area contributed by atoms with E-state index in [1.807, 2.05) is 0 Å². The predicted octanol–water partition coefficient (Wildman–Crippen LogP) is 5.90. The molecule has 0 aliphatic rings. The standard InChI is InChI=1S/C30H23F2N3O4/c1-17-12-18(2)35(21-7-5-20(31)6-8-21)30(37)28(17)25(36)14-19-4-9-26(23(32)13-19)39-27-10-11-33-24-15-22(38-3)16-34-29(24)27/h4-13,15-16H,14H2,1-3H3. The molecule has 0 amide bonds. The third-order valence-corrected chi connectivity index (χ3v) is 6.29. The summed E-state index contributed by atoms with van der Waals surface area (Å²) in [5.41, 5.74) is 2.36. The second-order valence-electron chi connectivity index (χ2n) is 8.98. The number of hydrogen-bond donors (Lipinski definition) is 0. The molecule has 0 spiro atoms. The molecule has 0 fully saturated rings. The first-order chi connectivity index (χ1) is 18.7. The van der Waals surface area contributed by atoms with Crippen LogP contribution < -0.4 is 15.0 Å². The molecule has 3 heterocycles. The molecule has 196 valence electrons. The van der Waals surface area contributed by atoms with Crippen LogP contribution in [0.5, 0.6) is 17.2 Å². The van der Waals surface area contributed by atoms with Gasteiger partial charge in [-0.15, -0.1) is 0 Å². The largest absolute Gasteiger partial charge is 0.495 e. The van der Waals surface area contributed by atoms with Crippen LogP contribution in [0.25, 0.3) is 16.7 Å². The third-order valence-electron chi connectivity index (χ3n) is 6.29. The Bertz CT molecular complexity index is 1780. The molecule has 5 aromatic rings. The normalized spacial score (nSPS) is 11.0. The number of nitrogens with zero attached hydrogens (tertiary/aromatic N) is 3. The molecule has 39 heavy (non-hydrogen) atoms. The molecule has 0 aliphatic carbocycles. The summed E-state index contributed by atoms with van der Waals surface area (Å²) in [6, 6.07) is 14.6.